The van der Waals surface area contributed by atoms with Gasteiger partial charge in [0.05, 0.1) is 11.4 Å². The lowest BCUT2D eigenvalue weighted by Crippen LogP contribution is -2.18. The lowest BCUT2D eigenvalue weighted by atomic mass is 9.81. The Hall–Kier alpha value is -5.54. The molecule has 2 heterocycles. The normalized spacial score (nSPS) is 15.4. The summed E-state index contributed by atoms with van der Waals surface area (Å²) in [6.45, 7) is 4.65. The van der Waals surface area contributed by atoms with E-state index >= 15 is 0 Å². The van der Waals surface area contributed by atoms with Crippen LogP contribution in [0.15, 0.2) is 154 Å². The van der Waals surface area contributed by atoms with Gasteiger partial charge in [0.15, 0.2) is 6.17 Å². The highest BCUT2D eigenvalue weighted by atomic mass is 16.3. The van der Waals surface area contributed by atoms with Gasteiger partial charge >= 0.3 is 0 Å². The van der Waals surface area contributed by atoms with Gasteiger partial charge in [0, 0.05) is 33.7 Å². The van der Waals surface area contributed by atoms with Crippen LogP contribution in [-0.2, 0) is 5.41 Å². The molecule has 6 aromatic carbocycles. The van der Waals surface area contributed by atoms with Crippen LogP contribution in [-0.4, -0.2) is 11.4 Å². The first-order chi connectivity index (χ1) is 22.6. The van der Waals surface area contributed by atoms with Gasteiger partial charge in [-0.2, -0.15) is 0 Å². The van der Waals surface area contributed by atoms with Crippen LogP contribution >= 0.6 is 0 Å². The average molecular weight is 593 g/mol. The van der Waals surface area contributed by atoms with Gasteiger partial charge in [0.2, 0.25) is 0 Å². The molecule has 46 heavy (non-hydrogen) atoms. The van der Waals surface area contributed by atoms with Gasteiger partial charge in [-0.25, -0.2) is 0 Å². The van der Waals surface area contributed by atoms with E-state index in [1.807, 2.05) is 12.1 Å². The van der Waals surface area contributed by atoms with Gasteiger partial charge in [-0.3, -0.25) is 9.98 Å². The van der Waals surface area contributed by atoms with E-state index in [0.717, 1.165) is 61.2 Å². The number of hydrogen-bond donors (Lipinski definition) is 0. The van der Waals surface area contributed by atoms with Crippen LogP contribution in [0.4, 0.5) is 0 Å². The van der Waals surface area contributed by atoms with E-state index < -0.39 is 0 Å². The molecular formula is C43H32N2O. The van der Waals surface area contributed by atoms with Crippen LogP contribution in [0.3, 0.4) is 0 Å². The molecule has 2 aliphatic rings. The fraction of sp³-hybridized carbons (Fsp3) is 0.116. The molecule has 0 saturated carbocycles. The van der Waals surface area contributed by atoms with Gasteiger partial charge in [0.1, 0.15) is 11.2 Å². The molecule has 220 valence electrons. The van der Waals surface area contributed by atoms with Gasteiger partial charge in [-0.1, -0.05) is 141 Å². The van der Waals surface area contributed by atoms with E-state index in [1.54, 1.807) is 0 Å². The van der Waals surface area contributed by atoms with Crippen molar-refractivity contribution in [3.05, 3.63) is 167 Å². The molecule has 0 fully saturated rings. The predicted octanol–water partition coefficient (Wildman–Crippen LogP) is 10.9. The van der Waals surface area contributed by atoms with E-state index in [0.29, 0.717) is 6.42 Å². The molecule has 0 radical (unpaired) electrons. The summed E-state index contributed by atoms with van der Waals surface area (Å²) in [5.41, 5.74) is 14.7. The second-order valence-corrected chi connectivity index (χ2v) is 12.9. The zero-order valence-corrected chi connectivity index (χ0v) is 25.9. The number of para-hydroxylation sites is 1. The van der Waals surface area contributed by atoms with Crippen molar-refractivity contribution >= 4 is 33.4 Å². The highest BCUT2D eigenvalue weighted by molar-refractivity contribution is 6.19. The topological polar surface area (TPSA) is 37.9 Å². The van der Waals surface area contributed by atoms with Crippen molar-refractivity contribution in [3.63, 3.8) is 0 Å². The number of nitrogens with zero attached hydrogens (tertiary/aromatic N) is 2. The van der Waals surface area contributed by atoms with Gasteiger partial charge in [-0.05, 0) is 51.1 Å². The number of hydrogen-bond acceptors (Lipinski definition) is 3. The van der Waals surface area contributed by atoms with Crippen molar-refractivity contribution in [3.8, 4) is 22.3 Å². The summed E-state index contributed by atoms with van der Waals surface area (Å²) in [5, 5.41) is 2.16. The minimum atomic E-state index is -0.383. The third-order valence-corrected chi connectivity index (χ3v) is 9.83. The number of furan rings is 1. The van der Waals surface area contributed by atoms with Crippen molar-refractivity contribution < 1.29 is 4.42 Å². The molecule has 1 aliphatic carbocycles. The van der Waals surface area contributed by atoms with Crippen LogP contribution < -0.4 is 0 Å². The molecule has 3 heteroatoms. The van der Waals surface area contributed by atoms with Crippen molar-refractivity contribution in [2.45, 2.75) is 31.8 Å². The maximum absolute atomic E-state index is 6.73. The lowest BCUT2D eigenvalue weighted by Gasteiger charge is -2.22. The Kier molecular flexibility index (Phi) is 5.98. The first-order valence-electron chi connectivity index (χ1n) is 16.0. The molecule has 1 aromatic heterocycles. The Bertz CT molecular complexity index is 2300. The Morgan fingerprint density at radius 3 is 1.93 bits per heavy atom. The summed E-state index contributed by atoms with van der Waals surface area (Å²) in [6.07, 6.45) is 0.307. The fourth-order valence-electron chi connectivity index (χ4n) is 7.52. The minimum absolute atomic E-state index is 0.0687. The highest BCUT2D eigenvalue weighted by Gasteiger charge is 2.35. The third kappa shape index (κ3) is 4.12. The second-order valence-electron chi connectivity index (χ2n) is 12.9. The molecule has 0 bridgehead atoms. The van der Waals surface area contributed by atoms with E-state index in [-0.39, 0.29) is 11.6 Å². The molecule has 0 amide bonds. The summed E-state index contributed by atoms with van der Waals surface area (Å²) in [6, 6.07) is 49.4. The standard InChI is InChI=1S/C43H32N2O/c1-43(2)35-21-10-9-17-31(35)32-24-23-29(25-36(32)43)30-18-11-19-33-40-34(20-12-22-39(40)46-41(30)33)42-44-37(27-13-5-3-6-14-27)26-38(45-42)28-15-7-4-8-16-28/h3-25,42H,26H2,1-2H3. The number of rotatable bonds is 4. The Balaban J connectivity index is 1.21. The van der Waals surface area contributed by atoms with E-state index in [4.69, 9.17) is 14.4 Å². The van der Waals surface area contributed by atoms with Crippen LogP contribution in [0, 0.1) is 0 Å². The zero-order valence-electron chi connectivity index (χ0n) is 25.9. The maximum Gasteiger partial charge on any atom is 0.166 e. The Morgan fingerprint density at radius 2 is 1.20 bits per heavy atom. The molecule has 1 aliphatic heterocycles. The Morgan fingerprint density at radius 1 is 0.565 bits per heavy atom. The van der Waals surface area contributed by atoms with E-state index in [1.165, 1.54) is 22.3 Å². The SMILES string of the molecule is CC1(C)c2ccccc2-c2ccc(-c3cccc4c3oc3cccc(C5N=C(c6ccccc6)CC(c6ccccc6)=N5)c34)cc21. The molecule has 0 atom stereocenters. The Labute approximate surface area is 268 Å². The maximum atomic E-state index is 6.73. The molecular weight excluding hydrogens is 560 g/mol. The van der Waals surface area contributed by atoms with Crippen molar-refractivity contribution in [1.29, 1.82) is 0 Å². The number of aliphatic imine (C=N–C) groups is 2. The summed E-state index contributed by atoms with van der Waals surface area (Å²) in [5.74, 6) is 0. The first kappa shape index (κ1) is 26.8. The fourth-order valence-corrected chi connectivity index (χ4v) is 7.52. The highest BCUT2D eigenvalue weighted by Crippen LogP contribution is 2.50. The van der Waals surface area contributed by atoms with Crippen molar-refractivity contribution in [2.24, 2.45) is 9.98 Å². The summed E-state index contributed by atoms with van der Waals surface area (Å²) < 4.78 is 6.73. The number of benzene rings is 6. The summed E-state index contributed by atoms with van der Waals surface area (Å²) in [7, 11) is 0. The van der Waals surface area contributed by atoms with Crippen LogP contribution in [0.1, 0.15) is 54.3 Å². The quantitative estimate of drug-likeness (QED) is 0.200. The molecule has 0 saturated heterocycles. The van der Waals surface area contributed by atoms with Crippen LogP contribution in [0.25, 0.3) is 44.2 Å². The first-order valence-corrected chi connectivity index (χ1v) is 16.0. The lowest BCUT2D eigenvalue weighted by molar-refractivity contribution is 0.660. The summed E-state index contributed by atoms with van der Waals surface area (Å²) >= 11 is 0. The molecule has 0 unspecified atom stereocenters. The largest absolute Gasteiger partial charge is 0.455 e. The molecule has 0 spiro atoms. The molecule has 7 aromatic rings. The van der Waals surface area contributed by atoms with E-state index in [9.17, 15) is 0 Å². The average Bonchev–Trinajstić information content (AvgIpc) is 3.61. The van der Waals surface area contributed by atoms with Gasteiger partial charge in [-0.15, -0.1) is 0 Å². The van der Waals surface area contributed by atoms with Crippen molar-refractivity contribution in [2.75, 3.05) is 0 Å². The van der Waals surface area contributed by atoms with Gasteiger partial charge in [0.25, 0.3) is 0 Å². The molecule has 9 rings (SSSR count). The van der Waals surface area contributed by atoms with E-state index in [2.05, 4.69) is 141 Å². The summed E-state index contributed by atoms with van der Waals surface area (Å²) in [4.78, 5) is 10.6. The van der Waals surface area contributed by atoms with Crippen LogP contribution in [0.5, 0.6) is 0 Å². The second kappa shape index (κ2) is 10.3. The minimum Gasteiger partial charge on any atom is -0.455 e. The molecule has 0 N–H and O–H groups in total. The molecule has 3 nitrogen and oxygen atoms in total. The monoisotopic (exact) mass is 592 g/mol. The number of fused-ring (bicyclic) bond motifs is 6. The third-order valence-electron chi connectivity index (χ3n) is 9.83. The zero-order chi connectivity index (χ0) is 30.8. The van der Waals surface area contributed by atoms with Gasteiger partial charge < -0.3 is 4.42 Å². The van der Waals surface area contributed by atoms with Crippen LogP contribution in [0.2, 0.25) is 0 Å². The van der Waals surface area contributed by atoms with Crippen molar-refractivity contribution in [1.82, 2.24) is 0 Å². The predicted molar refractivity (Wildman–Crippen MR) is 190 cm³/mol. The smallest absolute Gasteiger partial charge is 0.166 e.